The summed E-state index contributed by atoms with van der Waals surface area (Å²) in [7, 11) is 0. The Bertz CT molecular complexity index is 582. The van der Waals surface area contributed by atoms with Crippen LogP contribution in [0.25, 0.3) is 0 Å². The van der Waals surface area contributed by atoms with Crippen LogP contribution in [0.5, 0.6) is 5.75 Å². The maximum absolute atomic E-state index is 10.8. The maximum Gasteiger partial charge on any atom is 0.335 e. The van der Waals surface area contributed by atoms with Crippen molar-refractivity contribution >= 4 is 33.2 Å². The molecule has 0 unspecified atom stereocenters. The molecule has 1 heterocycles. The first-order chi connectivity index (χ1) is 8.56. The molecule has 2 aromatic rings. The van der Waals surface area contributed by atoms with Crippen LogP contribution >= 0.6 is 27.3 Å². The van der Waals surface area contributed by atoms with Gasteiger partial charge in [-0.3, -0.25) is 0 Å². The lowest BCUT2D eigenvalue weighted by atomic mass is 10.2. The minimum Gasteiger partial charge on any atom is -0.487 e. The van der Waals surface area contributed by atoms with Crippen LogP contribution < -0.4 is 4.74 Å². The molecule has 0 fully saturated rings. The van der Waals surface area contributed by atoms with Crippen LogP contribution in [0.2, 0.25) is 0 Å². The summed E-state index contributed by atoms with van der Waals surface area (Å²) in [6, 6.07) is 4.68. The first-order valence-electron chi connectivity index (χ1n) is 5.13. The van der Waals surface area contributed by atoms with Crippen molar-refractivity contribution in [2.24, 2.45) is 0 Å². The topological polar surface area (TPSA) is 59.4 Å². The predicted octanol–water partition coefficient (Wildman–Crippen LogP) is 3.49. The number of hydrogen-bond donors (Lipinski definition) is 1. The number of carboxylic acids is 1. The van der Waals surface area contributed by atoms with E-state index in [1.165, 1.54) is 12.1 Å². The average molecular weight is 328 g/mol. The molecule has 0 spiro atoms. The number of nitrogens with zero attached hydrogens (tertiary/aromatic N) is 1. The molecule has 0 radical (unpaired) electrons. The van der Waals surface area contributed by atoms with E-state index in [2.05, 4.69) is 20.9 Å². The van der Waals surface area contributed by atoms with Crippen LogP contribution in [0.3, 0.4) is 0 Å². The first-order valence-corrected chi connectivity index (χ1v) is 6.74. The smallest absolute Gasteiger partial charge is 0.335 e. The molecule has 1 aromatic heterocycles. The molecule has 18 heavy (non-hydrogen) atoms. The Kier molecular flexibility index (Phi) is 3.98. The van der Waals surface area contributed by atoms with E-state index in [1.807, 2.05) is 6.92 Å². The van der Waals surface area contributed by atoms with E-state index < -0.39 is 5.97 Å². The minimum absolute atomic E-state index is 0.225. The number of aryl methyl sites for hydroxylation is 1. The van der Waals surface area contributed by atoms with Crippen molar-refractivity contribution in [1.29, 1.82) is 0 Å². The number of benzene rings is 1. The van der Waals surface area contributed by atoms with Gasteiger partial charge in [-0.1, -0.05) is 0 Å². The summed E-state index contributed by atoms with van der Waals surface area (Å²) in [6.07, 6.45) is 1.78. The summed E-state index contributed by atoms with van der Waals surface area (Å²) in [5.74, 6) is -0.341. The normalized spacial score (nSPS) is 10.3. The molecule has 2 rings (SSSR count). The summed E-state index contributed by atoms with van der Waals surface area (Å²) >= 11 is 4.87. The Balaban J connectivity index is 2.08. The van der Waals surface area contributed by atoms with Gasteiger partial charge in [0.2, 0.25) is 0 Å². The largest absolute Gasteiger partial charge is 0.487 e. The molecule has 0 aliphatic carbocycles. The van der Waals surface area contributed by atoms with Crippen molar-refractivity contribution in [2.75, 3.05) is 0 Å². The third-order valence-corrected chi connectivity index (χ3v) is 3.72. The van der Waals surface area contributed by atoms with Gasteiger partial charge in [0.15, 0.2) is 0 Å². The van der Waals surface area contributed by atoms with E-state index in [0.29, 0.717) is 16.8 Å². The minimum atomic E-state index is -0.958. The van der Waals surface area contributed by atoms with Gasteiger partial charge in [0.25, 0.3) is 0 Å². The van der Waals surface area contributed by atoms with Crippen LogP contribution in [-0.2, 0) is 6.61 Å². The zero-order valence-electron chi connectivity index (χ0n) is 9.51. The van der Waals surface area contributed by atoms with E-state index >= 15 is 0 Å². The SMILES string of the molecule is Cc1ncc(COc2ccc(C(=O)O)cc2Br)s1. The zero-order chi connectivity index (χ0) is 13.1. The summed E-state index contributed by atoms with van der Waals surface area (Å²) in [4.78, 5) is 15.9. The molecular weight excluding hydrogens is 318 g/mol. The second-order valence-electron chi connectivity index (χ2n) is 3.58. The average Bonchev–Trinajstić information content (AvgIpc) is 2.73. The molecule has 0 bridgehead atoms. The van der Waals surface area contributed by atoms with E-state index in [4.69, 9.17) is 9.84 Å². The van der Waals surface area contributed by atoms with Crippen LogP contribution in [0.15, 0.2) is 28.9 Å². The first kappa shape index (κ1) is 13.0. The Labute approximate surface area is 116 Å². The van der Waals surface area contributed by atoms with Crippen LogP contribution in [0.4, 0.5) is 0 Å². The highest BCUT2D eigenvalue weighted by molar-refractivity contribution is 9.10. The lowest BCUT2D eigenvalue weighted by Crippen LogP contribution is -1.98. The van der Waals surface area contributed by atoms with E-state index in [9.17, 15) is 4.79 Å². The second-order valence-corrected chi connectivity index (χ2v) is 5.76. The number of hydrogen-bond acceptors (Lipinski definition) is 4. The molecule has 0 saturated heterocycles. The van der Waals surface area contributed by atoms with Gasteiger partial charge in [-0.15, -0.1) is 11.3 Å². The Morgan fingerprint density at radius 3 is 2.89 bits per heavy atom. The van der Waals surface area contributed by atoms with Crippen LogP contribution in [0.1, 0.15) is 20.2 Å². The van der Waals surface area contributed by atoms with Gasteiger partial charge in [0.1, 0.15) is 12.4 Å². The fourth-order valence-corrected chi connectivity index (χ4v) is 2.57. The maximum atomic E-state index is 10.8. The Hall–Kier alpha value is -1.40. The van der Waals surface area contributed by atoms with Gasteiger partial charge in [0, 0.05) is 6.20 Å². The molecule has 0 amide bonds. The Morgan fingerprint density at radius 2 is 2.33 bits per heavy atom. The summed E-state index contributed by atoms with van der Waals surface area (Å²) < 4.78 is 6.23. The predicted molar refractivity (Wildman–Crippen MR) is 72.3 cm³/mol. The molecule has 0 aliphatic rings. The van der Waals surface area contributed by atoms with Crippen LogP contribution in [-0.4, -0.2) is 16.1 Å². The third-order valence-electron chi connectivity index (χ3n) is 2.22. The molecule has 0 aliphatic heterocycles. The van der Waals surface area contributed by atoms with Crippen molar-refractivity contribution in [1.82, 2.24) is 4.98 Å². The second kappa shape index (κ2) is 5.49. The monoisotopic (exact) mass is 327 g/mol. The van der Waals surface area contributed by atoms with Crippen LogP contribution in [0, 0.1) is 6.92 Å². The van der Waals surface area contributed by atoms with Gasteiger partial charge in [-0.25, -0.2) is 9.78 Å². The zero-order valence-corrected chi connectivity index (χ0v) is 11.9. The number of thiazole rings is 1. The summed E-state index contributed by atoms with van der Waals surface area (Å²) in [5.41, 5.74) is 0.225. The number of ether oxygens (including phenoxy) is 1. The van der Waals surface area contributed by atoms with Crippen molar-refractivity contribution < 1.29 is 14.6 Å². The molecule has 0 saturated carbocycles. The van der Waals surface area contributed by atoms with Gasteiger partial charge in [-0.05, 0) is 41.1 Å². The highest BCUT2D eigenvalue weighted by Gasteiger charge is 2.08. The quantitative estimate of drug-likeness (QED) is 0.933. The van der Waals surface area contributed by atoms with Crippen molar-refractivity contribution in [3.05, 3.63) is 44.3 Å². The molecule has 0 atom stereocenters. The Morgan fingerprint density at radius 1 is 1.56 bits per heavy atom. The highest BCUT2D eigenvalue weighted by atomic mass is 79.9. The standard InChI is InChI=1S/C12H10BrNO3S/c1-7-14-5-9(18-7)6-17-11-3-2-8(12(15)16)4-10(11)13/h2-5H,6H2,1H3,(H,15,16). The van der Waals surface area contributed by atoms with Crippen molar-refractivity contribution in [2.45, 2.75) is 13.5 Å². The van der Waals surface area contributed by atoms with Gasteiger partial charge in [-0.2, -0.15) is 0 Å². The number of aromatic nitrogens is 1. The number of aromatic carboxylic acids is 1. The van der Waals surface area contributed by atoms with Crippen molar-refractivity contribution in [3.63, 3.8) is 0 Å². The third kappa shape index (κ3) is 3.08. The number of halogens is 1. The molecule has 94 valence electrons. The number of rotatable bonds is 4. The highest BCUT2D eigenvalue weighted by Crippen LogP contribution is 2.27. The lowest BCUT2D eigenvalue weighted by Gasteiger charge is -2.07. The molecular formula is C12H10BrNO3S. The number of carbonyl (C=O) groups is 1. The summed E-state index contributed by atoms with van der Waals surface area (Å²) in [6.45, 7) is 2.36. The van der Waals surface area contributed by atoms with E-state index in [-0.39, 0.29) is 5.56 Å². The molecule has 4 nitrogen and oxygen atoms in total. The molecule has 1 N–H and O–H groups in total. The molecule has 6 heteroatoms. The fraction of sp³-hybridized carbons (Fsp3) is 0.167. The van der Waals surface area contributed by atoms with Crippen molar-refractivity contribution in [3.8, 4) is 5.75 Å². The lowest BCUT2D eigenvalue weighted by molar-refractivity contribution is 0.0696. The molecule has 1 aromatic carbocycles. The van der Waals surface area contributed by atoms with E-state index in [1.54, 1.807) is 23.6 Å². The summed E-state index contributed by atoms with van der Waals surface area (Å²) in [5, 5.41) is 9.84. The van der Waals surface area contributed by atoms with Gasteiger partial charge in [0.05, 0.1) is 19.9 Å². The van der Waals surface area contributed by atoms with Gasteiger partial charge >= 0.3 is 5.97 Å². The fourth-order valence-electron chi connectivity index (χ4n) is 1.37. The number of carboxylic acid groups (broad SMARTS) is 1. The van der Waals surface area contributed by atoms with E-state index in [0.717, 1.165) is 9.88 Å². The van der Waals surface area contributed by atoms with Gasteiger partial charge < -0.3 is 9.84 Å².